The number of pyridine rings is 1. The molecule has 102 valence electrons. The Morgan fingerprint density at radius 2 is 2.32 bits per heavy atom. The zero-order valence-corrected chi connectivity index (χ0v) is 12.0. The van der Waals surface area contributed by atoms with E-state index in [2.05, 4.69) is 10.9 Å². The van der Waals surface area contributed by atoms with Crippen molar-refractivity contribution < 1.29 is 8.42 Å². The third-order valence-electron chi connectivity index (χ3n) is 3.19. The molecule has 1 aliphatic heterocycles. The van der Waals surface area contributed by atoms with Gasteiger partial charge in [0.05, 0.1) is 18.1 Å². The molecule has 1 aromatic heterocycles. The lowest BCUT2D eigenvalue weighted by atomic mass is 10.2. The molecule has 0 aromatic carbocycles. The molecular formula is C13H15ClN2O2S. The summed E-state index contributed by atoms with van der Waals surface area (Å²) in [4.78, 5) is 6.03. The van der Waals surface area contributed by atoms with E-state index in [4.69, 9.17) is 18.0 Å². The zero-order valence-electron chi connectivity index (χ0n) is 10.4. The number of aromatic nitrogens is 1. The average molecular weight is 299 g/mol. The predicted molar refractivity (Wildman–Crippen MR) is 75.5 cm³/mol. The van der Waals surface area contributed by atoms with Gasteiger partial charge in [0, 0.05) is 18.8 Å². The fourth-order valence-corrected chi connectivity index (χ4v) is 4.10. The number of hydrogen-bond donors (Lipinski definition) is 0. The van der Waals surface area contributed by atoms with E-state index in [1.54, 1.807) is 12.3 Å². The lowest BCUT2D eigenvalue weighted by Crippen LogP contribution is -2.36. The molecule has 4 nitrogen and oxygen atoms in total. The van der Waals surface area contributed by atoms with Crippen molar-refractivity contribution in [1.29, 1.82) is 0 Å². The van der Waals surface area contributed by atoms with Gasteiger partial charge in [-0.2, -0.15) is 0 Å². The number of nitrogens with zero attached hydrogens (tertiary/aromatic N) is 2. The highest BCUT2D eigenvalue weighted by Crippen LogP contribution is 2.19. The molecular weight excluding hydrogens is 284 g/mol. The first kappa shape index (κ1) is 14.3. The standard InChI is InChI=1S/C13H15ClN2O2S/c1-2-6-16(12-5-7-19(17,18)10-12)9-11-3-4-13(14)15-8-11/h1,3-4,8,12H,5-7,9-10H2/t12-/m0/s1. The molecule has 1 aromatic rings. The quantitative estimate of drug-likeness (QED) is 0.622. The molecule has 0 aliphatic carbocycles. The minimum atomic E-state index is -2.90. The van der Waals surface area contributed by atoms with E-state index >= 15 is 0 Å². The van der Waals surface area contributed by atoms with Crippen LogP contribution in [0, 0.1) is 12.3 Å². The Balaban J connectivity index is 2.09. The molecule has 0 amide bonds. The second-order valence-electron chi connectivity index (χ2n) is 4.66. The maximum atomic E-state index is 11.5. The van der Waals surface area contributed by atoms with Crippen molar-refractivity contribution in [2.24, 2.45) is 0 Å². The van der Waals surface area contributed by atoms with E-state index < -0.39 is 9.84 Å². The minimum Gasteiger partial charge on any atom is -0.284 e. The molecule has 0 unspecified atom stereocenters. The smallest absolute Gasteiger partial charge is 0.151 e. The molecule has 0 spiro atoms. The maximum Gasteiger partial charge on any atom is 0.151 e. The van der Waals surface area contributed by atoms with Gasteiger partial charge in [0.25, 0.3) is 0 Å². The SMILES string of the molecule is C#CCN(Cc1ccc(Cl)nc1)[C@H]1CCS(=O)(=O)C1. The first-order valence-electron chi connectivity index (χ1n) is 5.98. The molecule has 1 aliphatic rings. The highest BCUT2D eigenvalue weighted by Gasteiger charge is 2.31. The Morgan fingerprint density at radius 3 is 2.84 bits per heavy atom. The molecule has 0 radical (unpaired) electrons. The van der Waals surface area contributed by atoms with E-state index in [0.29, 0.717) is 24.7 Å². The van der Waals surface area contributed by atoms with Crippen LogP contribution in [0.4, 0.5) is 0 Å². The Kier molecular flexibility index (Phi) is 4.46. The molecule has 2 heterocycles. The van der Waals surface area contributed by atoms with E-state index in [1.165, 1.54) is 0 Å². The third kappa shape index (κ3) is 3.93. The van der Waals surface area contributed by atoms with Crippen LogP contribution in [0.5, 0.6) is 0 Å². The normalized spacial score (nSPS) is 21.4. The number of sulfone groups is 1. The molecule has 19 heavy (non-hydrogen) atoms. The number of rotatable bonds is 4. The van der Waals surface area contributed by atoms with Crippen molar-refractivity contribution in [2.75, 3.05) is 18.1 Å². The molecule has 1 saturated heterocycles. The summed E-state index contributed by atoms with van der Waals surface area (Å²) in [5.74, 6) is 3.03. The van der Waals surface area contributed by atoms with Crippen molar-refractivity contribution in [2.45, 2.75) is 19.0 Å². The van der Waals surface area contributed by atoms with Gasteiger partial charge in [-0.05, 0) is 18.1 Å². The highest BCUT2D eigenvalue weighted by atomic mass is 35.5. The van der Waals surface area contributed by atoms with Gasteiger partial charge in [0.15, 0.2) is 9.84 Å². The Labute approximate surface area is 118 Å². The van der Waals surface area contributed by atoms with Gasteiger partial charge in [-0.3, -0.25) is 4.90 Å². The van der Waals surface area contributed by atoms with Crippen LogP contribution in [0.2, 0.25) is 5.15 Å². The van der Waals surface area contributed by atoms with Crippen molar-refractivity contribution in [3.8, 4) is 12.3 Å². The summed E-state index contributed by atoms with van der Waals surface area (Å²) in [5, 5.41) is 0.440. The molecule has 0 saturated carbocycles. The largest absolute Gasteiger partial charge is 0.284 e. The molecule has 0 bridgehead atoms. The van der Waals surface area contributed by atoms with Gasteiger partial charge in [-0.25, -0.2) is 13.4 Å². The minimum absolute atomic E-state index is 0.00303. The fraction of sp³-hybridized carbons (Fsp3) is 0.462. The summed E-state index contributed by atoms with van der Waals surface area (Å²) in [6.07, 6.45) is 7.70. The van der Waals surface area contributed by atoms with Crippen LogP contribution in [0.15, 0.2) is 18.3 Å². The number of halogens is 1. The van der Waals surface area contributed by atoms with Crippen LogP contribution in [0.25, 0.3) is 0 Å². The molecule has 6 heteroatoms. The van der Waals surface area contributed by atoms with Crippen LogP contribution in [0.3, 0.4) is 0 Å². The second-order valence-corrected chi connectivity index (χ2v) is 7.27. The average Bonchev–Trinajstić information content (AvgIpc) is 2.72. The lowest BCUT2D eigenvalue weighted by Gasteiger charge is -2.25. The van der Waals surface area contributed by atoms with Gasteiger partial charge in [-0.15, -0.1) is 6.42 Å². The van der Waals surface area contributed by atoms with E-state index in [9.17, 15) is 8.42 Å². The summed E-state index contributed by atoms with van der Waals surface area (Å²) >= 11 is 5.74. The van der Waals surface area contributed by atoms with Gasteiger partial charge in [0.2, 0.25) is 0 Å². The zero-order chi connectivity index (χ0) is 13.9. The Hall–Kier alpha value is -1.09. The predicted octanol–water partition coefficient (Wildman–Crippen LogP) is 1.36. The molecule has 2 rings (SSSR count). The topological polar surface area (TPSA) is 50.3 Å². The van der Waals surface area contributed by atoms with Crippen LogP contribution in [-0.2, 0) is 16.4 Å². The summed E-state index contributed by atoms with van der Waals surface area (Å²) in [6, 6.07) is 3.59. The first-order valence-corrected chi connectivity index (χ1v) is 8.18. The van der Waals surface area contributed by atoms with Crippen molar-refractivity contribution >= 4 is 21.4 Å². The summed E-state index contributed by atoms with van der Waals surface area (Å²) in [7, 11) is -2.90. The summed E-state index contributed by atoms with van der Waals surface area (Å²) in [5.41, 5.74) is 0.976. The summed E-state index contributed by atoms with van der Waals surface area (Å²) < 4.78 is 23.1. The van der Waals surface area contributed by atoms with Crippen LogP contribution in [0.1, 0.15) is 12.0 Å². The van der Waals surface area contributed by atoms with Gasteiger partial charge < -0.3 is 0 Å². The third-order valence-corrected chi connectivity index (χ3v) is 5.17. The monoisotopic (exact) mass is 298 g/mol. The van der Waals surface area contributed by atoms with Crippen molar-refractivity contribution in [3.63, 3.8) is 0 Å². The fourth-order valence-electron chi connectivity index (χ4n) is 2.23. The number of terminal acetylenes is 1. The number of hydrogen-bond acceptors (Lipinski definition) is 4. The molecule has 0 N–H and O–H groups in total. The van der Waals surface area contributed by atoms with Crippen LogP contribution >= 0.6 is 11.6 Å². The van der Waals surface area contributed by atoms with Crippen molar-refractivity contribution in [3.05, 3.63) is 29.0 Å². The van der Waals surface area contributed by atoms with Gasteiger partial charge >= 0.3 is 0 Å². The van der Waals surface area contributed by atoms with Crippen LogP contribution in [-0.4, -0.2) is 42.4 Å². The molecule has 1 atom stereocenters. The van der Waals surface area contributed by atoms with Crippen molar-refractivity contribution in [1.82, 2.24) is 9.88 Å². The second kappa shape index (κ2) is 5.91. The van der Waals surface area contributed by atoms with E-state index in [0.717, 1.165) is 5.56 Å². The lowest BCUT2D eigenvalue weighted by molar-refractivity contribution is 0.230. The maximum absolute atomic E-state index is 11.5. The van der Waals surface area contributed by atoms with Crippen LogP contribution < -0.4 is 0 Å². The van der Waals surface area contributed by atoms with E-state index in [1.807, 2.05) is 11.0 Å². The van der Waals surface area contributed by atoms with Gasteiger partial charge in [0.1, 0.15) is 5.15 Å². The van der Waals surface area contributed by atoms with E-state index in [-0.39, 0.29) is 17.5 Å². The van der Waals surface area contributed by atoms with Gasteiger partial charge in [-0.1, -0.05) is 23.6 Å². The molecule has 1 fully saturated rings. The first-order chi connectivity index (χ1) is 9.00. The highest BCUT2D eigenvalue weighted by molar-refractivity contribution is 7.91. The Morgan fingerprint density at radius 1 is 1.53 bits per heavy atom. The summed E-state index contributed by atoms with van der Waals surface area (Å²) in [6.45, 7) is 1.03. The Bertz CT molecular complexity index is 578.